The van der Waals surface area contributed by atoms with Crippen molar-refractivity contribution in [2.45, 2.75) is 25.8 Å². The lowest BCUT2D eigenvalue weighted by atomic mass is 10.2. The van der Waals surface area contributed by atoms with Crippen molar-refractivity contribution in [2.75, 3.05) is 24.2 Å². The van der Waals surface area contributed by atoms with Gasteiger partial charge in [0.25, 0.3) is 0 Å². The van der Waals surface area contributed by atoms with Gasteiger partial charge in [-0.2, -0.15) is 5.06 Å². The molecule has 1 unspecified atom stereocenters. The quantitative estimate of drug-likeness (QED) is 0.850. The maximum atomic E-state index is 12.3. The van der Waals surface area contributed by atoms with E-state index in [2.05, 4.69) is 10.3 Å². The number of fused-ring (bicyclic) bond motifs is 1. The average molecular weight is 306 g/mol. The monoisotopic (exact) mass is 306 g/mol. The molecule has 1 fully saturated rings. The molecule has 1 amide bonds. The van der Waals surface area contributed by atoms with Gasteiger partial charge in [0, 0.05) is 12.2 Å². The van der Waals surface area contributed by atoms with E-state index in [-0.39, 0.29) is 11.9 Å². The number of thiazole rings is 1. The first kappa shape index (κ1) is 14.2. The normalized spacial score (nSPS) is 17.8. The van der Waals surface area contributed by atoms with Crippen molar-refractivity contribution in [3.05, 3.63) is 18.2 Å². The number of hydroxylamine groups is 2. The number of amides is 1. The molecular weight excluding hydrogens is 288 g/mol. The van der Waals surface area contributed by atoms with Gasteiger partial charge in [0.2, 0.25) is 5.91 Å². The number of hydrogen-bond acceptors (Lipinski definition) is 6. The van der Waals surface area contributed by atoms with E-state index in [9.17, 15) is 4.79 Å². The van der Waals surface area contributed by atoms with Crippen molar-refractivity contribution in [3.63, 3.8) is 0 Å². The number of aromatic nitrogens is 1. The minimum absolute atomic E-state index is 0.107. The zero-order valence-electron chi connectivity index (χ0n) is 11.8. The van der Waals surface area contributed by atoms with Crippen LogP contribution in [0.4, 0.5) is 10.8 Å². The van der Waals surface area contributed by atoms with E-state index in [1.54, 1.807) is 11.1 Å². The van der Waals surface area contributed by atoms with E-state index in [1.165, 1.54) is 11.3 Å². The zero-order chi connectivity index (χ0) is 14.8. The van der Waals surface area contributed by atoms with E-state index in [1.807, 2.05) is 19.1 Å². The van der Waals surface area contributed by atoms with E-state index in [0.717, 1.165) is 29.6 Å². The highest BCUT2D eigenvalue weighted by Gasteiger charge is 2.24. The number of carbonyl (C=O) groups is 1. The largest absolute Gasteiger partial charge is 0.399 e. The topological polar surface area (TPSA) is 80.5 Å². The second-order valence-corrected chi connectivity index (χ2v) is 6.12. The molecule has 0 saturated carbocycles. The SMILES string of the molecule is CC(C(=O)Nc1nc2ccc(N)cc2s1)N1CCCCO1. The summed E-state index contributed by atoms with van der Waals surface area (Å²) in [6.07, 6.45) is 2.10. The molecule has 0 bridgehead atoms. The summed E-state index contributed by atoms with van der Waals surface area (Å²) in [6, 6.07) is 5.19. The lowest BCUT2D eigenvalue weighted by molar-refractivity contribution is -0.202. The third-order valence-corrected chi connectivity index (χ3v) is 4.42. The Hall–Kier alpha value is -1.70. The van der Waals surface area contributed by atoms with Gasteiger partial charge in [-0.1, -0.05) is 11.3 Å². The molecule has 1 atom stereocenters. The summed E-state index contributed by atoms with van der Waals surface area (Å²) >= 11 is 1.42. The van der Waals surface area contributed by atoms with Crippen LogP contribution in [0.1, 0.15) is 19.8 Å². The van der Waals surface area contributed by atoms with Crippen molar-refractivity contribution >= 4 is 38.3 Å². The molecule has 1 aromatic carbocycles. The van der Waals surface area contributed by atoms with Crippen LogP contribution in [0.2, 0.25) is 0 Å². The number of benzene rings is 1. The molecule has 1 aromatic heterocycles. The Kier molecular flexibility index (Phi) is 4.05. The Morgan fingerprint density at radius 1 is 1.52 bits per heavy atom. The molecule has 2 heterocycles. The second-order valence-electron chi connectivity index (χ2n) is 5.09. The lowest BCUT2D eigenvalue weighted by Crippen LogP contribution is -2.44. The summed E-state index contributed by atoms with van der Waals surface area (Å²) in [5, 5.41) is 5.18. The summed E-state index contributed by atoms with van der Waals surface area (Å²) in [6.45, 7) is 3.30. The minimum atomic E-state index is -0.331. The first-order chi connectivity index (χ1) is 10.1. The molecule has 1 aliphatic heterocycles. The van der Waals surface area contributed by atoms with Crippen molar-refractivity contribution < 1.29 is 9.63 Å². The first-order valence-corrected chi connectivity index (χ1v) is 7.81. The highest BCUT2D eigenvalue weighted by Crippen LogP contribution is 2.27. The predicted molar refractivity (Wildman–Crippen MR) is 84.0 cm³/mol. The van der Waals surface area contributed by atoms with Gasteiger partial charge in [-0.3, -0.25) is 9.63 Å². The van der Waals surface area contributed by atoms with Crippen molar-refractivity contribution in [3.8, 4) is 0 Å². The first-order valence-electron chi connectivity index (χ1n) is 7.00. The molecule has 3 rings (SSSR count). The van der Waals surface area contributed by atoms with Crippen molar-refractivity contribution in [1.82, 2.24) is 10.0 Å². The van der Waals surface area contributed by atoms with Crippen LogP contribution in [-0.4, -0.2) is 35.1 Å². The van der Waals surface area contributed by atoms with Gasteiger partial charge in [-0.25, -0.2) is 4.98 Å². The Morgan fingerprint density at radius 2 is 2.38 bits per heavy atom. The molecule has 0 radical (unpaired) electrons. The fourth-order valence-corrected chi connectivity index (χ4v) is 3.17. The Balaban J connectivity index is 1.70. The second kappa shape index (κ2) is 5.97. The third kappa shape index (κ3) is 3.15. The molecule has 3 N–H and O–H groups in total. The zero-order valence-corrected chi connectivity index (χ0v) is 12.7. The summed E-state index contributed by atoms with van der Waals surface area (Å²) in [5.74, 6) is -0.107. The highest BCUT2D eigenvalue weighted by atomic mass is 32.1. The van der Waals surface area contributed by atoms with Crippen LogP contribution in [0.25, 0.3) is 10.2 Å². The predicted octanol–water partition coefficient (Wildman–Crippen LogP) is 2.23. The van der Waals surface area contributed by atoms with Gasteiger partial charge in [-0.05, 0) is 38.0 Å². The number of nitrogen functional groups attached to an aromatic ring is 1. The lowest BCUT2D eigenvalue weighted by Gasteiger charge is -2.30. The molecule has 2 aromatic rings. The molecule has 1 saturated heterocycles. The number of carbonyl (C=O) groups excluding carboxylic acids is 1. The van der Waals surface area contributed by atoms with E-state index in [0.29, 0.717) is 17.4 Å². The van der Waals surface area contributed by atoms with Gasteiger partial charge in [0.05, 0.1) is 16.8 Å². The van der Waals surface area contributed by atoms with Gasteiger partial charge in [0.15, 0.2) is 5.13 Å². The average Bonchev–Trinajstić information content (AvgIpc) is 2.88. The van der Waals surface area contributed by atoms with Crippen molar-refractivity contribution in [2.24, 2.45) is 0 Å². The molecule has 21 heavy (non-hydrogen) atoms. The summed E-state index contributed by atoms with van der Waals surface area (Å²) in [4.78, 5) is 22.2. The number of nitrogens with two attached hydrogens (primary N) is 1. The fourth-order valence-electron chi connectivity index (χ4n) is 2.26. The van der Waals surface area contributed by atoms with Crippen LogP contribution in [-0.2, 0) is 9.63 Å². The Morgan fingerprint density at radius 3 is 3.14 bits per heavy atom. The standard InChI is InChI=1S/C14H18N4O2S/c1-9(18-6-2-3-7-20-18)13(19)17-14-16-11-5-4-10(15)8-12(11)21-14/h4-5,8-9H,2-3,6-7,15H2,1H3,(H,16,17,19). The summed E-state index contributed by atoms with van der Waals surface area (Å²) < 4.78 is 0.965. The Labute approximate surface area is 126 Å². The van der Waals surface area contributed by atoms with Crippen LogP contribution < -0.4 is 11.1 Å². The smallest absolute Gasteiger partial charge is 0.245 e. The molecule has 7 heteroatoms. The maximum Gasteiger partial charge on any atom is 0.245 e. The van der Waals surface area contributed by atoms with Gasteiger partial charge in [-0.15, -0.1) is 0 Å². The molecular formula is C14H18N4O2S. The molecule has 1 aliphatic rings. The number of rotatable bonds is 3. The summed E-state index contributed by atoms with van der Waals surface area (Å²) in [5.41, 5.74) is 7.28. The van der Waals surface area contributed by atoms with Crippen LogP contribution in [0, 0.1) is 0 Å². The summed E-state index contributed by atoms with van der Waals surface area (Å²) in [7, 11) is 0. The third-order valence-electron chi connectivity index (χ3n) is 3.48. The van der Waals surface area contributed by atoms with E-state index >= 15 is 0 Å². The van der Waals surface area contributed by atoms with Gasteiger partial charge < -0.3 is 11.1 Å². The number of nitrogens with zero attached hydrogens (tertiary/aromatic N) is 2. The molecule has 6 nitrogen and oxygen atoms in total. The minimum Gasteiger partial charge on any atom is -0.399 e. The number of hydrogen-bond donors (Lipinski definition) is 2. The van der Waals surface area contributed by atoms with Crippen molar-refractivity contribution in [1.29, 1.82) is 0 Å². The number of anilines is 2. The van der Waals surface area contributed by atoms with Crippen LogP contribution in [0.15, 0.2) is 18.2 Å². The molecule has 112 valence electrons. The number of nitrogens with one attached hydrogen (secondary N) is 1. The Bertz CT molecular complexity index is 651. The maximum absolute atomic E-state index is 12.3. The van der Waals surface area contributed by atoms with Gasteiger partial charge >= 0.3 is 0 Å². The van der Waals surface area contributed by atoms with E-state index in [4.69, 9.17) is 10.6 Å². The van der Waals surface area contributed by atoms with Crippen LogP contribution in [0.3, 0.4) is 0 Å². The molecule has 0 aliphatic carbocycles. The highest BCUT2D eigenvalue weighted by molar-refractivity contribution is 7.22. The van der Waals surface area contributed by atoms with E-state index < -0.39 is 0 Å². The fraction of sp³-hybridized carbons (Fsp3) is 0.429. The van der Waals surface area contributed by atoms with Gasteiger partial charge in [0.1, 0.15) is 6.04 Å². The van der Waals surface area contributed by atoms with Crippen LogP contribution >= 0.6 is 11.3 Å². The molecule has 0 spiro atoms. The van der Waals surface area contributed by atoms with Crippen LogP contribution in [0.5, 0.6) is 0 Å².